The second-order valence-electron chi connectivity index (χ2n) is 9.41. The molecule has 0 spiro atoms. The maximum atomic E-state index is 3.90. The first kappa shape index (κ1) is 15.4. The van der Waals surface area contributed by atoms with Crippen LogP contribution in [-0.2, 0) is 0 Å². The van der Waals surface area contributed by atoms with Crippen LogP contribution in [0.2, 0.25) is 0 Å². The van der Waals surface area contributed by atoms with Gasteiger partial charge in [0.05, 0.1) is 0 Å². The Morgan fingerprint density at radius 3 is 2.15 bits per heavy atom. The summed E-state index contributed by atoms with van der Waals surface area (Å²) in [5, 5.41) is 1.25. The van der Waals surface area contributed by atoms with Gasteiger partial charge in [0.1, 0.15) is 0 Å². The zero-order valence-corrected chi connectivity index (χ0v) is 15.3. The fourth-order valence-electron chi connectivity index (χ4n) is 5.67. The number of halogens is 1. The number of fused-ring (bicyclic) bond motifs is 2. The van der Waals surface area contributed by atoms with Gasteiger partial charge in [0.2, 0.25) is 0 Å². The van der Waals surface area contributed by atoms with Gasteiger partial charge in [-0.15, -0.1) is 0 Å². The van der Waals surface area contributed by atoms with Crippen LogP contribution in [0.3, 0.4) is 0 Å². The molecule has 0 amide bonds. The van der Waals surface area contributed by atoms with E-state index in [4.69, 9.17) is 0 Å². The van der Waals surface area contributed by atoms with Crippen LogP contribution in [0.1, 0.15) is 78.6 Å². The summed E-state index contributed by atoms with van der Waals surface area (Å²) in [6.07, 6.45) is 13.7. The monoisotopic (exact) mass is 340 g/mol. The second kappa shape index (κ2) is 5.60. The molecule has 0 nitrogen and oxygen atoms in total. The van der Waals surface area contributed by atoms with E-state index in [0.29, 0.717) is 10.8 Å². The van der Waals surface area contributed by atoms with Crippen molar-refractivity contribution in [3.8, 4) is 0 Å². The van der Waals surface area contributed by atoms with Crippen LogP contribution >= 0.6 is 15.9 Å². The number of hydrogen-bond donors (Lipinski definition) is 0. The Labute approximate surface area is 134 Å². The highest BCUT2D eigenvalue weighted by Crippen LogP contribution is 2.56. The molecule has 3 saturated carbocycles. The molecule has 0 aromatic heterocycles. The lowest BCUT2D eigenvalue weighted by Crippen LogP contribution is -2.36. The third-order valence-corrected chi connectivity index (χ3v) is 8.32. The standard InChI is InChI=1S/C19H33Br/c1-18(2,3)17-6-8-19(13-20,9-7-17)12-16-11-14-4-5-15(16)10-14/h14-17H,4-13H2,1-3H3. The topological polar surface area (TPSA) is 0 Å². The van der Waals surface area contributed by atoms with E-state index in [2.05, 4.69) is 36.7 Å². The molecule has 2 bridgehead atoms. The van der Waals surface area contributed by atoms with Gasteiger partial charge in [0.15, 0.2) is 0 Å². The van der Waals surface area contributed by atoms with Crippen molar-refractivity contribution in [1.82, 2.24) is 0 Å². The van der Waals surface area contributed by atoms with Gasteiger partial charge >= 0.3 is 0 Å². The van der Waals surface area contributed by atoms with Gasteiger partial charge in [-0.25, -0.2) is 0 Å². The van der Waals surface area contributed by atoms with E-state index in [1.165, 1.54) is 37.4 Å². The summed E-state index contributed by atoms with van der Waals surface area (Å²) < 4.78 is 0. The van der Waals surface area contributed by atoms with Gasteiger partial charge in [-0.3, -0.25) is 0 Å². The highest BCUT2D eigenvalue weighted by atomic mass is 79.9. The van der Waals surface area contributed by atoms with Crippen LogP contribution in [0.15, 0.2) is 0 Å². The number of alkyl halides is 1. The first-order chi connectivity index (χ1) is 9.42. The predicted molar refractivity (Wildman–Crippen MR) is 91.2 cm³/mol. The molecule has 1 heteroatoms. The van der Waals surface area contributed by atoms with Gasteiger partial charge in [0, 0.05) is 5.33 Å². The van der Waals surface area contributed by atoms with Crippen molar-refractivity contribution in [3.05, 3.63) is 0 Å². The van der Waals surface area contributed by atoms with Gasteiger partial charge in [-0.1, -0.05) is 43.1 Å². The quantitative estimate of drug-likeness (QED) is 0.519. The Balaban J connectivity index is 1.59. The van der Waals surface area contributed by atoms with Crippen LogP contribution in [0.25, 0.3) is 0 Å². The van der Waals surface area contributed by atoms with Crippen molar-refractivity contribution in [2.24, 2.45) is 34.5 Å². The molecular weight excluding hydrogens is 308 g/mol. The SMILES string of the molecule is CC(C)(C)C1CCC(CBr)(CC2CC3CCC2C3)CC1. The maximum Gasteiger partial charge on any atom is 0.00880 e. The first-order valence-corrected chi connectivity index (χ1v) is 10.1. The average molecular weight is 341 g/mol. The Morgan fingerprint density at radius 2 is 1.70 bits per heavy atom. The highest BCUT2D eigenvalue weighted by Gasteiger charge is 2.45. The fraction of sp³-hybridized carbons (Fsp3) is 1.00. The Kier molecular flexibility index (Phi) is 4.30. The van der Waals surface area contributed by atoms with Gasteiger partial charge in [0.25, 0.3) is 0 Å². The zero-order valence-electron chi connectivity index (χ0n) is 13.8. The van der Waals surface area contributed by atoms with Crippen LogP contribution in [0, 0.1) is 34.5 Å². The first-order valence-electron chi connectivity index (χ1n) is 8.98. The molecule has 0 heterocycles. The van der Waals surface area contributed by atoms with E-state index in [9.17, 15) is 0 Å². The van der Waals surface area contributed by atoms with E-state index in [1.807, 2.05) is 0 Å². The van der Waals surface area contributed by atoms with Crippen molar-refractivity contribution in [1.29, 1.82) is 0 Å². The summed E-state index contributed by atoms with van der Waals surface area (Å²) in [5.74, 6) is 4.26. The summed E-state index contributed by atoms with van der Waals surface area (Å²) in [6, 6.07) is 0. The number of hydrogen-bond acceptors (Lipinski definition) is 0. The molecular formula is C19H33Br. The predicted octanol–water partition coefficient (Wildman–Crippen LogP) is 6.43. The van der Waals surface area contributed by atoms with E-state index in [1.54, 1.807) is 25.7 Å². The van der Waals surface area contributed by atoms with E-state index < -0.39 is 0 Å². The summed E-state index contributed by atoms with van der Waals surface area (Å²) in [7, 11) is 0. The minimum atomic E-state index is 0.519. The third-order valence-electron chi connectivity index (χ3n) is 7.13. The zero-order chi connectivity index (χ0) is 14.4. The smallest absolute Gasteiger partial charge is 0.00880 e. The summed E-state index contributed by atoms with van der Waals surface area (Å²) in [5.41, 5.74) is 1.17. The molecule has 20 heavy (non-hydrogen) atoms. The molecule has 3 aliphatic rings. The molecule has 3 fully saturated rings. The lowest BCUT2D eigenvalue weighted by molar-refractivity contribution is 0.0754. The van der Waals surface area contributed by atoms with Crippen molar-refractivity contribution < 1.29 is 0 Å². The largest absolute Gasteiger partial charge is 0.0922 e. The molecule has 3 aliphatic carbocycles. The molecule has 3 unspecified atom stereocenters. The van der Waals surface area contributed by atoms with Crippen molar-refractivity contribution in [3.63, 3.8) is 0 Å². The molecule has 116 valence electrons. The molecule has 0 aromatic rings. The summed E-state index contributed by atoms with van der Waals surface area (Å²) in [6.45, 7) is 7.32. The van der Waals surface area contributed by atoms with Crippen molar-refractivity contribution >= 4 is 15.9 Å². The highest BCUT2D eigenvalue weighted by molar-refractivity contribution is 9.09. The molecule has 0 aromatic carbocycles. The van der Waals surface area contributed by atoms with Crippen LogP contribution in [0.4, 0.5) is 0 Å². The van der Waals surface area contributed by atoms with Crippen LogP contribution in [-0.4, -0.2) is 5.33 Å². The average Bonchev–Trinajstić information content (AvgIpc) is 3.00. The van der Waals surface area contributed by atoms with Gasteiger partial charge in [-0.05, 0) is 85.9 Å². The Bertz CT molecular complexity index is 332. The Morgan fingerprint density at radius 1 is 1.00 bits per heavy atom. The van der Waals surface area contributed by atoms with Crippen LogP contribution in [0.5, 0.6) is 0 Å². The normalized spacial score (nSPS) is 45.0. The van der Waals surface area contributed by atoms with Crippen molar-refractivity contribution in [2.45, 2.75) is 78.6 Å². The van der Waals surface area contributed by atoms with Crippen molar-refractivity contribution in [2.75, 3.05) is 5.33 Å². The molecule has 0 aliphatic heterocycles. The minimum absolute atomic E-state index is 0.519. The minimum Gasteiger partial charge on any atom is -0.0922 e. The van der Waals surface area contributed by atoms with Crippen LogP contribution < -0.4 is 0 Å². The van der Waals surface area contributed by atoms with Gasteiger partial charge < -0.3 is 0 Å². The van der Waals surface area contributed by atoms with E-state index in [-0.39, 0.29) is 0 Å². The Hall–Kier alpha value is 0.480. The van der Waals surface area contributed by atoms with Gasteiger partial charge in [-0.2, -0.15) is 0 Å². The summed E-state index contributed by atoms with van der Waals surface area (Å²) >= 11 is 3.90. The number of rotatable bonds is 3. The molecule has 3 atom stereocenters. The molecule has 0 radical (unpaired) electrons. The second-order valence-corrected chi connectivity index (χ2v) is 9.97. The van der Waals surface area contributed by atoms with E-state index in [0.717, 1.165) is 23.7 Å². The fourth-order valence-corrected chi connectivity index (χ4v) is 6.46. The molecule has 0 saturated heterocycles. The molecule has 3 rings (SSSR count). The maximum absolute atomic E-state index is 3.90. The lowest BCUT2D eigenvalue weighted by atomic mass is 9.61. The van der Waals surface area contributed by atoms with E-state index >= 15 is 0 Å². The summed E-state index contributed by atoms with van der Waals surface area (Å²) in [4.78, 5) is 0. The lowest BCUT2D eigenvalue weighted by Gasteiger charge is -2.45. The third kappa shape index (κ3) is 2.99. The molecule has 0 N–H and O–H groups in total.